The summed E-state index contributed by atoms with van der Waals surface area (Å²) in [5, 5.41) is 76.3. The Balaban J connectivity index is 0.000000153. The second-order valence-corrected chi connectivity index (χ2v) is 38.4. The van der Waals surface area contributed by atoms with E-state index in [4.69, 9.17) is 80.9 Å². The third-order valence-corrected chi connectivity index (χ3v) is 28.1. The average Bonchev–Trinajstić information content (AvgIpc) is 0.712. The molecular formula is C96H136O32. The first-order chi connectivity index (χ1) is 60.0. The van der Waals surface area contributed by atoms with Gasteiger partial charge in [-0.2, -0.15) is 0 Å². The van der Waals surface area contributed by atoms with Gasteiger partial charge < -0.3 is 117 Å². The first kappa shape index (κ1) is 99.9. The minimum Gasteiger partial charge on any atom is -0.481 e. The van der Waals surface area contributed by atoms with E-state index in [1.807, 2.05) is 32.0 Å². The highest BCUT2D eigenvalue weighted by atomic mass is 16.8. The number of benzene rings is 1. The Bertz CT molecular complexity index is 4480. The van der Waals surface area contributed by atoms with Gasteiger partial charge in [0.05, 0.1) is 0 Å². The van der Waals surface area contributed by atoms with Gasteiger partial charge in [-0.1, -0.05) is 99.1 Å². The minimum absolute atomic E-state index is 0.101. The van der Waals surface area contributed by atoms with Gasteiger partial charge in [0, 0.05) is 102 Å². The Morgan fingerprint density at radius 2 is 0.688 bits per heavy atom. The molecule has 1 aromatic rings. The highest BCUT2D eigenvalue weighted by Crippen LogP contribution is 2.62. The van der Waals surface area contributed by atoms with Gasteiger partial charge in [-0.15, -0.1) is 0 Å². The summed E-state index contributed by atoms with van der Waals surface area (Å²) in [5.74, 6) is -7.53. The summed E-state index contributed by atoms with van der Waals surface area (Å²) in [6.45, 7) is 33.8. The molecule has 9 aliphatic carbocycles. The summed E-state index contributed by atoms with van der Waals surface area (Å²) >= 11 is 0. The van der Waals surface area contributed by atoms with Gasteiger partial charge in [-0.25, -0.2) is 38.4 Å². The summed E-state index contributed by atoms with van der Waals surface area (Å²) in [7, 11) is 0. The van der Waals surface area contributed by atoms with Crippen molar-refractivity contribution in [3.8, 4) is 0 Å². The molecule has 712 valence electrons. The lowest BCUT2D eigenvalue weighted by molar-refractivity contribution is -0.325. The zero-order chi connectivity index (χ0) is 94.3. The number of esters is 8. The van der Waals surface area contributed by atoms with E-state index in [1.165, 1.54) is 60.5 Å². The predicted molar refractivity (Wildman–Crippen MR) is 457 cm³/mol. The van der Waals surface area contributed by atoms with Crippen molar-refractivity contribution in [2.24, 2.45) is 65.1 Å². The van der Waals surface area contributed by atoms with Gasteiger partial charge in [-0.05, 0) is 211 Å². The molecule has 32 nitrogen and oxygen atoms in total. The van der Waals surface area contributed by atoms with Crippen LogP contribution >= 0.6 is 0 Å². The zero-order valence-corrected chi connectivity index (χ0v) is 77.8. The second-order valence-electron chi connectivity index (χ2n) is 38.4. The van der Waals surface area contributed by atoms with Crippen LogP contribution in [0.3, 0.4) is 0 Å². The van der Waals surface area contributed by atoms with Gasteiger partial charge in [-0.3, -0.25) is 0 Å². The molecule has 1 aromatic carbocycles. The Labute approximate surface area is 749 Å². The van der Waals surface area contributed by atoms with E-state index >= 15 is 0 Å². The Morgan fingerprint density at radius 3 is 1.05 bits per heavy atom. The second kappa shape index (κ2) is 40.4. The maximum atomic E-state index is 11.9. The van der Waals surface area contributed by atoms with Crippen molar-refractivity contribution in [1.82, 2.24) is 0 Å². The molecule has 3 unspecified atom stereocenters. The molecule has 3 atom stereocenters. The summed E-state index contributed by atoms with van der Waals surface area (Å²) in [6, 6.07) is 10.3. The third-order valence-electron chi connectivity index (χ3n) is 28.1. The number of cyclic esters (lactones) is 2. The summed E-state index contributed by atoms with van der Waals surface area (Å²) in [6.07, 6.45) is 23.3. The number of hydrogen-bond donors (Lipinski definition) is 8. The maximum absolute atomic E-state index is 11.9. The Hall–Kier alpha value is -10.3. The number of rotatable bonds is 6. The summed E-state index contributed by atoms with van der Waals surface area (Å²) in [5.41, 5.74) is 2.47. The van der Waals surface area contributed by atoms with E-state index in [9.17, 15) is 74.1 Å². The monoisotopic (exact) mass is 1800 g/mol. The fraction of sp³-hybridized carbons (Fsp3) is 0.688. The van der Waals surface area contributed by atoms with Gasteiger partial charge in [0.15, 0.2) is 0 Å². The summed E-state index contributed by atoms with van der Waals surface area (Å²) < 4.78 is 85.4. The van der Waals surface area contributed by atoms with Crippen molar-refractivity contribution in [3.63, 3.8) is 0 Å². The highest BCUT2D eigenvalue weighted by Gasteiger charge is 2.64. The van der Waals surface area contributed by atoms with Crippen molar-refractivity contribution in [2.75, 3.05) is 0 Å². The summed E-state index contributed by atoms with van der Waals surface area (Å²) in [4.78, 5) is 92.1. The number of hydrogen-bond acceptors (Lipinski definition) is 32. The average molecular weight is 1800 g/mol. The topological polar surface area (TPSA) is 446 Å². The molecule has 0 amide bonds. The number of carbonyl (C=O) groups is 8. The molecule has 128 heavy (non-hydrogen) atoms. The predicted octanol–water partition coefficient (Wildman–Crippen LogP) is 19.8. The van der Waals surface area contributed by atoms with Gasteiger partial charge >= 0.3 is 47.8 Å². The lowest BCUT2D eigenvalue weighted by atomic mass is 9.53. The van der Waals surface area contributed by atoms with Crippen LogP contribution in [0.1, 0.15) is 316 Å². The fourth-order valence-corrected chi connectivity index (χ4v) is 19.5. The molecule has 0 aromatic heterocycles. The van der Waals surface area contributed by atoms with Crippen LogP contribution in [0.15, 0.2) is 122 Å². The molecule has 4 bridgehead atoms. The van der Waals surface area contributed by atoms with Gasteiger partial charge in [0.2, 0.25) is 0 Å². The van der Waals surface area contributed by atoms with Crippen molar-refractivity contribution < 1.29 is 155 Å². The van der Waals surface area contributed by atoms with Crippen LogP contribution in [0.4, 0.5) is 0 Å². The number of carbonyl (C=O) groups excluding carboxylic acids is 8. The fourth-order valence-electron chi connectivity index (χ4n) is 19.5. The molecule has 0 radical (unpaired) electrons. The van der Waals surface area contributed by atoms with Crippen LogP contribution in [-0.4, -0.2) is 135 Å². The molecule has 8 N–H and O–H groups in total. The molecule has 0 saturated heterocycles. The molecule has 9 fully saturated rings. The third kappa shape index (κ3) is 22.9. The van der Waals surface area contributed by atoms with Crippen LogP contribution in [0.2, 0.25) is 0 Å². The smallest absolute Gasteiger partial charge is 0.344 e. The molecule has 18 rings (SSSR count). The van der Waals surface area contributed by atoms with E-state index in [2.05, 4.69) is 60.6 Å². The molecule has 6 spiro atoms. The maximum Gasteiger partial charge on any atom is 0.344 e. The molecular weight excluding hydrogens is 1670 g/mol. The van der Waals surface area contributed by atoms with Crippen molar-refractivity contribution in [1.29, 1.82) is 0 Å². The van der Waals surface area contributed by atoms with Crippen LogP contribution in [0.25, 0.3) is 0 Å². The largest absolute Gasteiger partial charge is 0.481 e. The molecule has 9 saturated carbocycles. The first-order valence-electron chi connectivity index (χ1n) is 45.6. The van der Waals surface area contributed by atoms with E-state index in [-0.39, 0.29) is 110 Å². The Kier molecular flexibility index (Phi) is 31.5. The number of aliphatic hydroxyl groups is 8. The van der Waals surface area contributed by atoms with Crippen LogP contribution in [-0.2, 0) is 114 Å². The number of ether oxygens (including phenoxy) is 16. The van der Waals surface area contributed by atoms with Crippen LogP contribution < -0.4 is 0 Å². The zero-order valence-electron chi connectivity index (χ0n) is 77.8. The van der Waals surface area contributed by atoms with Crippen molar-refractivity contribution in [3.05, 3.63) is 128 Å². The van der Waals surface area contributed by atoms with Gasteiger partial charge in [0.25, 0.3) is 93.9 Å². The lowest BCUT2D eigenvalue weighted by Gasteiger charge is -2.59. The van der Waals surface area contributed by atoms with E-state index < -0.39 is 94.1 Å². The lowest BCUT2D eigenvalue weighted by Crippen LogP contribution is -2.62. The van der Waals surface area contributed by atoms with Crippen LogP contribution in [0, 0.1) is 65.1 Å². The van der Waals surface area contributed by atoms with Crippen LogP contribution in [0.5, 0.6) is 0 Å². The minimum atomic E-state index is -1.05. The van der Waals surface area contributed by atoms with Crippen molar-refractivity contribution >= 4 is 47.8 Å². The first-order valence-corrected chi connectivity index (χ1v) is 45.6. The molecule has 8 aliphatic heterocycles. The normalized spacial score (nSPS) is 34.0. The standard InChI is InChI=1S/C16H18O4.C14H18O4.C14H22O4.C13H20O4.C12H18O4.C11H16O4.C9H14O4.C7H10O4/c1-11-14(17)19-16(20-15(11)18)9-7-13(8-10-16)12-5-3-2-4-6-12;1-7-12(15)17-14(18-13(7)16)10-3-8-2-9(5-10)6-11(14)4-8;1-8(2)11-6-5-9(3)7-14(11)17-12(15)10(4)13(16)18-14;1-8(2)10-4-6-13(7-5-10)16-11(14)9(3)12(15)17-13;1-3-9-4-6-12(7-5-9)15-10(13)8(2)11(14)16-12;1-7-3-5-11(6-4-7)14-9(12)8(2)10(13)15-11;1-4-9(5-2)12-7(10)6(3)8(11)13-9;1-4-5(8)10-7(2,3)11-6(4)9/h2-6,13,17H,7-10H2,1H3;8-11,15H,2-6H2,1H3;8-9,11,15H,5-7H2,1-4H3;8,10,14H,4-7H2,1-3H3;9,13H,3-7H2,1-2H3;7,12H,3-6H2,1-2H3;10H,4-5H2,1-3H3;8H,1-3H3. The van der Waals surface area contributed by atoms with Gasteiger partial charge in [0.1, 0.15) is 44.6 Å². The molecule has 32 heteroatoms. The molecule has 17 aliphatic rings. The molecule has 8 heterocycles. The SMILES string of the molecule is CC1=C(O)OC(C)(C)OC1=O.CC1=C(O)OC2(CC(C)CCC2C(C)C)OC1=O.CC1=C(O)OC2(CCC(C(C)C)CC2)OC1=O.CC1=C(O)OC2(CCC(C)CC2)OC1=O.CC1=C(O)OC2(CCC(c3ccccc3)CC2)OC1=O.CC1=C(O)OC2(OC1=O)C1CC3CC(C1)CC2C3.CCC1(CC)OC(=O)C(C)=C(O)O1.CCC1CCC2(CC1)OC(=O)C(C)=C(O)O2. The quantitative estimate of drug-likeness (QED) is 0.0968. The van der Waals surface area contributed by atoms with E-state index in [1.54, 1.807) is 20.8 Å². The highest BCUT2D eigenvalue weighted by molar-refractivity contribution is 5.92. The van der Waals surface area contributed by atoms with E-state index in [0.29, 0.717) is 112 Å². The van der Waals surface area contributed by atoms with E-state index in [0.717, 1.165) is 108 Å². The Morgan fingerprint density at radius 1 is 0.344 bits per heavy atom. The van der Waals surface area contributed by atoms with Crippen molar-refractivity contribution in [2.45, 2.75) is 357 Å². The number of aliphatic hydroxyl groups excluding tert-OH is 8.